The maximum absolute atomic E-state index is 5.88. The molecule has 0 bridgehead atoms. The molecule has 0 fully saturated rings. The molecular formula is C16H17ClN2. The van der Waals surface area contributed by atoms with Crippen molar-refractivity contribution in [2.75, 3.05) is 11.4 Å². The van der Waals surface area contributed by atoms with E-state index >= 15 is 0 Å². The highest BCUT2D eigenvalue weighted by molar-refractivity contribution is 6.16. The molecule has 0 saturated heterocycles. The van der Waals surface area contributed by atoms with E-state index in [0.29, 0.717) is 5.88 Å². The highest BCUT2D eigenvalue weighted by Gasteiger charge is 2.18. The standard InChI is InChI=1S/C16H17ClN2/c1-12-4-5-16-13(9-12)3-2-8-19(16)15-6-7-18-14(10-15)11-17/h4-7,9-10H,2-3,8,11H2,1H3. The van der Waals surface area contributed by atoms with Gasteiger partial charge in [-0.25, -0.2) is 0 Å². The predicted molar refractivity (Wildman–Crippen MR) is 80.3 cm³/mol. The van der Waals surface area contributed by atoms with E-state index in [2.05, 4.69) is 47.1 Å². The highest BCUT2D eigenvalue weighted by atomic mass is 35.5. The molecule has 1 aliphatic rings. The Morgan fingerprint density at radius 2 is 2.16 bits per heavy atom. The molecular weight excluding hydrogens is 256 g/mol. The summed E-state index contributed by atoms with van der Waals surface area (Å²) in [6, 6.07) is 10.9. The monoisotopic (exact) mass is 272 g/mol. The van der Waals surface area contributed by atoms with Crippen LogP contribution in [0, 0.1) is 6.92 Å². The fraction of sp³-hybridized carbons (Fsp3) is 0.312. The Morgan fingerprint density at radius 1 is 1.26 bits per heavy atom. The number of aromatic nitrogens is 1. The van der Waals surface area contributed by atoms with Gasteiger partial charge in [-0.05, 0) is 43.5 Å². The van der Waals surface area contributed by atoms with E-state index in [1.807, 2.05) is 6.20 Å². The smallest absolute Gasteiger partial charge is 0.0648 e. The Kier molecular flexibility index (Phi) is 3.43. The zero-order chi connectivity index (χ0) is 13.2. The van der Waals surface area contributed by atoms with Crippen LogP contribution in [0.5, 0.6) is 0 Å². The summed E-state index contributed by atoms with van der Waals surface area (Å²) in [6.45, 7) is 3.21. The molecule has 0 saturated carbocycles. The van der Waals surface area contributed by atoms with Gasteiger partial charge in [-0.15, -0.1) is 11.6 Å². The van der Waals surface area contributed by atoms with E-state index < -0.39 is 0 Å². The Hall–Kier alpha value is -1.54. The lowest BCUT2D eigenvalue weighted by Gasteiger charge is -2.31. The fourth-order valence-electron chi connectivity index (χ4n) is 2.70. The van der Waals surface area contributed by atoms with E-state index in [1.165, 1.54) is 35.3 Å². The number of fused-ring (bicyclic) bond motifs is 1. The van der Waals surface area contributed by atoms with Crippen LogP contribution in [0.15, 0.2) is 36.5 Å². The van der Waals surface area contributed by atoms with Crippen LogP contribution in [0.4, 0.5) is 11.4 Å². The first-order valence-corrected chi connectivity index (χ1v) is 7.19. The first kappa shape index (κ1) is 12.5. The van der Waals surface area contributed by atoms with Gasteiger partial charge in [0.15, 0.2) is 0 Å². The van der Waals surface area contributed by atoms with Gasteiger partial charge in [0.05, 0.1) is 11.6 Å². The lowest BCUT2D eigenvalue weighted by atomic mass is 9.99. The Balaban J connectivity index is 2.03. The first-order chi connectivity index (χ1) is 9.28. The largest absolute Gasteiger partial charge is 0.341 e. The van der Waals surface area contributed by atoms with Crippen LogP contribution in [-0.4, -0.2) is 11.5 Å². The van der Waals surface area contributed by atoms with Crippen molar-refractivity contribution in [3.8, 4) is 0 Å². The van der Waals surface area contributed by atoms with Crippen molar-refractivity contribution >= 4 is 23.0 Å². The zero-order valence-electron chi connectivity index (χ0n) is 11.1. The molecule has 0 atom stereocenters. The maximum atomic E-state index is 5.88. The maximum Gasteiger partial charge on any atom is 0.0648 e. The number of anilines is 2. The third-order valence-corrected chi connectivity index (χ3v) is 3.88. The highest BCUT2D eigenvalue weighted by Crippen LogP contribution is 2.34. The number of alkyl halides is 1. The third-order valence-electron chi connectivity index (χ3n) is 3.60. The molecule has 1 aromatic heterocycles. The Labute approximate surface area is 119 Å². The molecule has 1 aromatic carbocycles. The van der Waals surface area contributed by atoms with Crippen LogP contribution in [0.3, 0.4) is 0 Å². The minimum Gasteiger partial charge on any atom is -0.341 e. The quantitative estimate of drug-likeness (QED) is 0.761. The molecule has 0 spiro atoms. The molecule has 2 nitrogen and oxygen atoms in total. The molecule has 2 heterocycles. The van der Waals surface area contributed by atoms with Crippen molar-refractivity contribution in [1.82, 2.24) is 4.98 Å². The van der Waals surface area contributed by atoms with Crippen molar-refractivity contribution < 1.29 is 0 Å². The molecule has 3 rings (SSSR count). The number of hydrogen-bond donors (Lipinski definition) is 0. The summed E-state index contributed by atoms with van der Waals surface area (Å²) in [5.41, 5.74) is 6.21. The van der Waals surface area contributed by atoms with Crippen LogP contribution in [0.1, 0.15) is 23.2 Å². The topological polar surface area (TPSA) is 16.1 Å². The molecule has 19 heavy (non-hydrogen) atoms. The third kappa shape index (κ3) is 2.45. The number of benzene rings is 1. The van der Waals surface area contributed by atoms with Gasteiger partial charge in [-0.3, -0.25) is 4.98 Å². The zero-order valence-corrected chi connectivity index (χ0v) is 11.8. The summed E-state index contributed by atoms with van der Waals surface area (Å²) in [6.07, 6.45) is 4.20. The molecule has 98 valence electrons. The predicted octanol–water partition coefficient (Wildman–Crippen LogP) is 4.21. The van der Waals surface area contributed by atoms with Gasteiger partial charge >= 0.3 is 0 Å². The number of pyridine rings is 1. The van der Waals surface area contributed by atoms with E-state index in [1.54, 1.807) is 0 Å². The average Bonchev–Trinajstić information content (AvgIpc) is 2.46. The summed E-state index contributed by atoms with van der Waals surface area (Å²) < 4.78 is 0. The normalized spacial score (nSPS) is 14.3. The van der Waals surface area contributed by atoms with E-state index in [4.69, 9.17) is 11.6 Å². The van der Waals surface area contributed by atoms with Crippen LogP contribution in [-0.2, 0) is 12.3 Å². The SMILES string of the molecule is Cc1ccc2c(c1)CCCN2c1ccnc(CCl)c1. The van der Waals surface area contributed by atoms with Crippen LogP contribution < -0.4 is 4.90 Å². The molecule has 0 N–H and O–H groups in total. The van der Waals surface area contributed by atoms with E-state index in [-0.39, 0.29) is 0 Å². The second-order valence-electron chi connectivity index (χ2n) is 5.03. The second-order valence-corrected chi connectivity index (χ2v) is 5.29. The van der Waals surface area contributed by atoms with Gasteiger partial charge in [0.25, 0.3) is 0 Å². The van der Waals surface area contributed by atoms with E-state index in [9.17, 15) is 0 Å². The summed E-state index contributed by atoms with van der Waals surface area (Å²) in [4.78, 5) is 6.64. The van der Waals surface area contributed by atoms with Crippen LogP contribution in [0.2, 0.25) is 0 Å². The number of nitrogens with zero attached hydrogens (tertiary/aromatic N) is 2. The lowest BCUT2D eigenvalue weighted by molar-refractivity contribution is 0.765. The minimum atomic E-state index is 0.461. The second kappa shape index (κ2) is 5.22. The number of hydrogen-bond acceptors (Lipinski definition) is 2. The summed E-state index contributed by atoms with van der Waals surface area (Å²) in [7, 11) is 0. The summed E-state index contributed by atoms with van der Waals surface area (Å²) >= 11 is 5.88. The van der Waals surface area contributed by atoms with Gasteiger partial charge in [0, 0.05) is 24.1 Å². The summed E-state index contributed by atoms with van der Waals surface area (Å²) in [5.74, 6) is 0.461. The molecule has 2 aromatic rings. The first-order valence-electron chi connectivity index (χ1n) is 6.66. The molecule has 0 unspecified atom stereocenters. The molecule has 0 radical (unpaired) electrons. The Morgan fingerprint density at radius 3 is 3.00 bits per heavy atom. The van der Waals surface area contributed by atoms with Crippen molar-refractivity contribution in [3.63, 3.8) is 0 Å². The number of halogens is 1. The van der Waals surface area contributed by atoms with Crippen LogP contribution in [0.25, 0.3) is 0 Å². The Bertz CT molecular complexity index is 595. The number of aryl methyl sites for hydroxylation is 2. The minimum absolute atomic E-state index is 0.461. The van der Waals surface area contributed by atoms with Crippen molar-refractivity contribution in [3.05, 3.63) is 53.3 Å². The summed E-state index contributed by atoms with van der Waals surface area (Å²) in [5, 5.41) is 0. The average molecular weight is 273 g/mol. The van der Waals surface area contributed by atoms with Gasteiger partial charge < -0.3 is 4.90 Å². The fourth-order valence-corrected chi connectivity index (χ4v) is 2.85. The van der Waals surface area contributed by atoms with Gasteiger partial charge in [0.1, 0.15) is 0 Å². The van der Waals surface area contributed by atoms with Gasteiger partial charge in [-0.2, -0.15) is 0 Å². The molecule has 0 amide bonds. The lowest BCUT2D eigenvalue weighted by Crippen LogP contribution is -2.24. The van der Waals surface area contributed by atoms with Gasteiger partial charge in [0.2, 0.25) is 0 Å². The van der Waals surface area contributed by atoms with E-state index in [0.717, 1.165) is 12.2 Å². The van der Waals surface area contributed by atoms with Crippen molar-refractivity contribution in [2.45, 2.75) is 25.6 Å². The number of rotatable bonds is 2. The van der Waals surface area contributed by atoms with Gasteiger partial charge in [-0.1, -0.05) is 17.7 Å². The molecule has 1 aliphatic heterocycles. The molecule has 3 heteroatoms. The van der Waals surface area contributed by atoms with Crippen molar-refractivity contribution in [1.29, 1.82) is 0 Å². The van der Waals surface area contributed by atoms with Crippen molar-refractivity contribution in [2.24, 2.45) is 0 Å². The molecule has 0 aliphatic carbocycles. The van der Waals surface area contributed by atoms with Crippen LogP contribution >= 0.6 is 11.6 Å².